The Kier molecular flexibility index (Phi) is 4.47. The Morgan fingerprint density at radius 3 is 2.48 bits per heavy atom. The average molecular weight is 307 g/mol. The second-order valence-corrected chi connectivity index (χ2v) is 5.07. The maximum atomic E-state index is 12.5. The minimum absolute atomic E-state index is 0.238. The van der Waals surface area contributed by atoms with Crippen molar-refractivity contribution in [2.75, 3.05) is 0 Å². The molecule has 3 rings (SSSR count). The number of carbonyl (C=O) groups excluding carboxylic acids is 1. The van der Waals surface area contributed by atoms with Crippen molar-refractivity contribution < 1.29 is 9.21 Å². The topological polar surface area (TPSA) is 68.0 Å². The summed E-state index contributed by atoms with van der Waals surface area (Å²) in [5, 5.41) is 2.98. The first-order valence-corrected chi connectivity index (χ1v) is 7.48. The third kappa shape index (κ3) is 3.45. The smallest absolute Gasteiger partial charge is 0.255 e. The number of hydrogen-bond acceptors (Lipinski definition) is 4. The lowest BCUT2D eigenvalue weighted by atomic mass is 10.0. The molecule has 23 heavy (non-hydrogen) atoms. The zero-order valence-corrected chi connectivity index (χ0v) is 12.8. The fraction of sp³-hybridized carbons (Fsp3) is 0.167. The van der Waals surface area contributed by atoms with Crippen LogP contribution >= 0.6 is 0 Å². The molecular formula is C18H17N3O2. The molecule has 2 aromatic heterocycles. The van der Waals surface area contributed by atoms with Crippen LogP contribution in [0.3, 0.4) is 0 Å². The molecule has 1 N–H and O–H groups in total. The zero-order valence-electron chi connectivity index (χ0n) is 12.8. The molecule has 0 saturated heterocycles. The summed E-state index contributed by atoms with van der Waals surface area (Å²) in [6.45, 7) is 1.97. The molecule has 0 fully saturated rings. The molecule has 5 nitrogen and oxygen atoms in total. The number of nitrogens with zero attached hydrogens (tertiary/aromatic N) is 2. The van der Waals surface area contributed by atoms with E-state index in [-0.39, 0.29) is 11.9 Å². The molecule has 3 aromatic rings. The van der Waals surface area contributed by atoms with Gasteiger partial charge in [-0.3, -0.25) is 4.79 Å². The van der Waals surface area contributed by atoms with E-state index >= 15 is 0 Å². The van der Waals surface area contributed by atoms with Crippen LogP contribution in [0.25, 0.3) is 0 Å². The third-order valence-corrected chi connectivity index (χ3v) is 3.52. The summed E-state index contributed by atoms with van der Waals surface area (Å²) in [5.74, 6) is 1.15. The normalized spacial score (nSPS) is 11.9. The maximum Gasteiger partial charge on any atom is 0.255 e. The van der Waals surface area contributed by atoms with Crippen molar-refractivity contribution >= 4 is 5.91 Å². The Morgan fingerprint density at radius 2 is 1.87 bits per heavy atom. The van der Waals surface area contributed by atoms with Gasteiger partial charge in [0.2, 0.25) is 0 Å². The van der Waals surface area contributed by atoms with Crippen molar-refractivity contribution in [1.82, 2.24) is 15.3 Å². The monoisotopic (exact) mass is 307 g/mol. The predicted molar refractivity (Wildman–Crippen MR) is 85.9 cm³/mol. The molecule has 0 unspecified atom stereocenters. The Morgan fingerprint density at radius 1 is 1.13 bits per heavy atom. The van der Waals surface area contributed by atoms with Crippen molar-refractivity contribution in [3.8, 4) is 0 Å². The van der Waals surface area contributed by atoms with Gasteiger partial charge in [0.1, 0.15) is 17.6 Å². The highest BCUT2D eigenvalue weighted by Crippen LogP contribution is 2.22. The Hall–Kier alpha value is -2.95. The van der Waals surface area contributed by atoms with Gasteiger partial charge in [-0.1, -0.05) is 37.3 Å². The standard InChI is InChI=1S/C18H17N3O2/c1-2-16-19-11-14(12-20-16)18(22)21-17(15-9-6-10-23-15)13-7-4-3-5-8-13/h3-12,17H,2H2,1H3,(H,21,22)/t17-/m0/s1. The first-order valence-electron chi connectivity index (χ1n) is 7.48. The van der Waals surface area contributed by atoms with Crippen LogP contribution in [0.4, 0.5) is 0 Å². The van der Waals surface area contributed by atoms with E-state index in [1.165, 1.54) is 0 Å². The van der Waals surface area contributed by atoms with Crippen LogP contribution in [0.2, 0.25) is 0 Å². The van der Waals surface area contributed by atoms with E-state index in [1.807, 2.05) is 43.3 Å². The largest absolute Gasteiger partial charge is 0.467 e. The Balaban J connectivity index is 1.85. The molecule has 0 spiro atoms. The SMILES string of the molecule is CCc1ncc(C(=O)N[C@@H](c2ccccc2)c2ccco2)cn1. The van der Waals surface area contributed by atoms with Crippen LogP contribution in [-0.2, 0) is 6.42 Å². The van der Waals surface area contributed by atoms with Gasteiger partial charge in [-0.2, -0.15) is 0 Å². The van der Waals surface area contributed by atoms with Crippen LogP contribution < -0.4 is 5.32 Å². The lowest BCUT2D eigenvalue weighted by molar-refractivity contribution is 0.0938. The van der Waals surface area contributed by atoms with Crippen LogP contribution in [0.1, 0.15) is 40.5 Å². The highest BCUT2D eigenvalue weighted by Gasteiger charge is 2.20. The van der Waals surface area contributed by atoms with E-state index < -0.39 is 0 Å². The van der Waals surface area contributed by atoms with Crippen molar-refractivity contribution in [2.24, 2.45) is 0 Å². The molecule has 5 heteroatoms. The molecule has 116 valence electrons. The molecule has 0 bridgehead atoms. The highest BCUT2D eigenvalue weighted by molar-refractivity contribution is 5.94. The molecule has 1 amide bonds. The number of rotatable bonds is 5. The second-order valence-electron chi connectivity index (χ2n) is 5.07. The lowest BCUT2D eigenvalue weighted by Crippen LogP contribution is -2.29. The van der Waals surface area contributed by atoms with Gasteiger partial charge in [-0.25, -0.2) is 9.97 Å². The van der Waals surface area contributed by atoms with Gasteiger partial charge in [0.05, 0.1) is 11.8 Å². The minimum Gasteiger partial charge on any atom is -0.467 e. The summed E-state index contributed by atoms with van der Waals surface area (Å²) in [7, 11) is 0. The number of nitrogens with one attached hydrogen (secondary N) is 1. The van der Waals surface area contributed by atoms with E-state index in [0.717, 1.165) is 12.0 Å². The number of furan rings is 1. The molecular weight excluding hydrogens is 290 g/mol. The summed E-state index contributed by atoms with van der Waals surface area (Å²) in [5.41, 5.74) is 1.37. The molecule has 2 heterocycles. The Bertz CT molecular complexity index is 753. The first kappa shape index (κ1) is 15.0. The maximum absolute atomic E-state index is 12.5. The quantitative estimate of drug-likeness (QED) is 0.786. The van der Waals surface area contributed by atoms with Gasteiger partial charge < -0.3 is 9.73 Å². The summed E-state index contributed by atoms with van der Waals surface area (Å²) < 4.78 is 5.48. The van der Waals surface area contributed by atoms with Crippen LogP contribution in [0, 0.1) is 0 Å². The van der Waals surface area contributed by atoms with E-state index in [2.05, 4.69) is 15.3 Å². The number of aryl methyl sites for hydroxylation is 1. The Labute approximate surface area is 134 Å². The van der Waals surface area contributed by atoms with Crippen molar-refractivity contribution in [1.29, 1.82) is 0 Å². The fourth-order valence-corrected chi connectivity index (χ4v) is 2.29. The lowest BCUT2D eigenvalue weighted by Gasteiger charge is -2.17. The van der Waals surface area contributed by atoms with Gasteiger partial charge in [-0.05, 0) is 17.7 Å². The second kappa shape index (κ2) is 6.87. The number of aromatic nitrogens is 2. The van der Waals surface area contributed by atoms with Gasteiger partial charge in [-0.15, -0.1) is 0 Å². The molecule has 0 aliphatic rings. The molecule has 1 atom stereocenters. The van der Waals surface area contributed by atoms with Crippen molar-refractivity contribution in [2.45, 2.75) is 19.4 Å². The van der Waals surface area contributed by atoms with Gasteiger partial charge in [0, 0.05) is 18.8 Å². The van der Waals surface area contributed by atoms with Crippen LogP contribution in [-0.4, -0.2) is 15.9 Å². The molecule has 0 saturated carbocycles. The van der Waals surface area contributed by atoms with Crippen LogP contribution in [0.5, 0.6) is 0 Å². The predicted octanol–water partition coefficient (Wildman–Crippen LogP) is 3.15. The van der Waals surface area contributed by atoms with Crippen molar-refractivity contribution in [3.05, 3.63) is 83.8 Å². The van der Waals surface area contributed by atoms with E-state index in [4.69, 9.17) is 4.42 Å². The number of amides is 1. The van der Waals surface area contributed by atoms with Crippen LogP contribution in [0.15, 0.2) is 65.5 Å². The van der Waals surface area contributed by atoms with Gasteiger partial charge in [0.15, 0.2) is 0 Å². The van der Waals surface area contributed by atoms with E-state index in [1.54, 1.807) is 24.7 Å². The van der Waals surface area contributed by atoms with Gasteiger partial charge >= 0.3 is 0 Å². The first-order chi connectivity index (χ1) is 11.3. The third-order valence-electron chi connectivity index (χ3n) is 3.52. The summed E-state index contributed by atoms with van der Waals surface area (Å²) in [6.07, 6.45) is 5.42. The van der Waals surface area contributed by atoms with E-state index in [9.17, 15) is 4.79 Å². The summed E-state index contributed by atoms with van der Waals surface area (Å²) in [4.78, 5) is 20.8. The number of benzene rings is 1. The zero-order chi connectivity index (χ0) is 16.1. The summed E-state index contributed by atoms with van der Waals surface area (Å²) >= 11 is 0. The molecule has 0 aliphatic carbocycles. The summed E-state index contributed by atoms with van der Waals surface area (Å²) in [6, 6.07) is 13.0. The molecule has 0 radical (unpaired) electrons. The minimum atomic E-state index is -0.357. The average Bonchev–Trinajstić information content (AvgIpc) is 3.14. The van der Waals surface area contributed by atoms with Crippen molar-refractivity contribution in [3.63, 3.8) is 0 Å². The highest BCUT2D eigenvalue weighted by atomic mass is 16.3. The molecule has 0 aliphatic heterocycles. The molecule has 1 aromatic carbocycles. The number of carbonyl (C=O) groups is 1. The van der Waals surface area contributed by atoms with Gasteiger partial charge in [0.25, 0.3) is 5.91 Å². The number of hydrogen-bond donors (Lipinski definition) is 1. The fourth-order valence-electron chi connectivity index (χ4n) is 2.29. The van der Waals surface area contributed by atoms with E-state index in [0.29, 0.717) is 17.1 Å².